The van der Waals surface area contributed by atoms with Gasteiger partial charge >= 0.3 is 54.0 Å². The minimum Gasteiger partial charge on any atom is -0.465 e. The first kappa shape index (κ1) is 43.4. The number of hydrogen-bond donors (Lipinski definition) is 0. The van der Waals surface area contributed by atoms with E-state index in [1.54, 1.807) is 0 Å². The molecular formula is C29H34F16O3. The zero-order chi connectivity index (χ0) is 37.9. The summed E-state index contributed by atoms with van der Waals surface area (Å²) >= 11 is 0. The van der Waals surface area contributed by atoms with Crippen LogP contribution in [0.3, 0.4) is 0 Å². The second-order valence-corrected chi connectivity index (χ2v) is 11.7. The fraction of sp³-hybridized carbons (Fsp3) is 0.759. The summed E-state index contributed by atoms with van der Waals surface area (Å²) in [4.78, 5) is 12.9. The molecule has 3 unspecified atom stereocenters. The summed E-state index contributed by atoms with van der Waals surface area (Å²) in [6.45, 7) is 9.47. The third kappa shape index (κ3) is 7.88. The van der Waals surface area contributed by atoms with Gasteiger partial charge in [0, 0.05) is 6.42 Å². The third-order valence-electron chi connectivity index (χ3n) is 8.51. The molecule has 1 aromatic rings. The van der Waals surface area contributed by atoms with E-state index >= 15 is 0 Å². The molecule has 19 heteroatoms. The Morgan fingerprint density at radius 1 is 0.708 bits per heavy atom. The van der Waals surface area contributed by atoms with Crippen LogP contribution in [0.25, 0.3) is 0 Å². The quantitative estimate of drug-likeness (QED) is 0.111. The van der Waals surface area contributed by atoms with Crippen LogP contribution < -0.4 is 4.74 Å². The van der Waals surface area contributed by atoms with E-state index < -0.39 is 65.7 Å². The van der Waals surface area contributed by atoms with E-state index in [4.69, 9.17) is 4.74 Å². The third-order valence-corrected chi connectivity index (χ3v) is 8.51. The number of ether oxygens (including phenoxy) is 2. The van der Waals surface area contributed by atoms with E-state index in [1.807, 2.05) is 34.6 Å². The Morgan fingerprint density at radius 2 is 1.15 bits per heavy atom. The molecule has 0 N–H and O–H groups in total. The van der Waals surface area contributed by atoms with Gasteiger partial charge in [-0.05, 0) is 48.3 Å². The minimum atomic E-state index is -8.53. The van der Waals surface area contributed by atoms with Gasteiger partial charge in [-0.25, -0.2) is 0 Å². The number of benzene rings is 1. The van der Waals surface area contributed by atoms with Gasteiger partial charge < -0.3 is 9.47 Å². The number of rotatable bonds is 18. The number of carbonyl (C=O) groups is 1. The van der Waals surface area contributed by atoms with Crippen LogP contribution in [-0.4, -0.2) is 60.6 Å². The molecule has 0 amide bonds. The molecule has 1 aromatic carbocycles. The largest absolute Gasteiger partial charge is 0.465 e. The summed E-state index contributed by atoms with van der Waals surface area (Å²) < 4.78 is 224. The Kier molecular flexibility index (Phi) is 13.3. The van der Waals surface area contributed by atoms with Crippen molar-refractivity contribution in [3.63, 3.8) is 0 Å². The summed E-state index contributed by atoms with van der Waals surface area (Å²) in [7, 11) is 0. The number of alkyl halides is 16. The Morgan fingerprint density at radius 3 is 1.56 bits per heavy atom. The van der Waals surface area contributed by atoms with Crippen LogP contribution in [0.2, 0.25) is 0 Å². The predicted molar refractivity (Wildman–Crippen MR) is 139 cm³/mol. The van der Waals surface area contributed by atoms with Crippen molar-refractivity contribution in [1.82, 2.24) is 0 Å². The van der Waals surface area contributed by atoms with Crippen molar-refractivity contribution in [2.45, 2.75) is 115 Å². The number of esters is 1. The van der Waals surface area contributed by atoms with Crippen LogP contribution in [-0.2, 0) is 16.0 Å². The Bertz CT molecular complexity index is 1190. The highest BCUT2D eigenvalue weighted by atomic mass is 19.4. The topological polar surface area (TPSA) is 35.5 Å². The molecule has 0 saturated heterocycles. The molecule has 0 saturated carbocycles. The second kappa shape index (κ2) is 14.7. The molecule has 0 aliphatic heterocycles. The van der Waals surface area contributed by atoms with Crippen molar-refractivity contribution >= 4 is 5.97 Å². The van der Waals surface area contributed by atoms with E-state index in [0.29, 0.717) is 31.4 Å². The van der Waals surface area contributed by atoms with Crippen LogP contribution in [0.15, 0.2) is 24.3 Å². The molecule has 0 aromatic heterocycles. The van der Waals surface area contributed by atoms with E-state index in [9.17, 15) is 75.0 Å². The van der Waals surface area contributed by atoms with Crippen LogP contribution in [0.4, 0.5) is 70.2 Å². The van der Waals surface area contributed by atoms with Crippen molar-refractivity contribution in [3.8, 4) is 5.75 Å². The smallest absolute Gasteiger partial charge is 0.460 e. The maximum atomic E-state index is 14.1. The molecule has 0 spiro atoms. The molecule has 0 aliphatic rings. The summed E-state index contributed by atoms with van der Waals surface area (Å²) in [6, 6.07) is 3.10. The first-order valence-corrected chi connectivity index (χ1v) is 14.4. The molecule has 1 rings (SSSR count). The van der Waals surface area contributed by atoms with Gasteiger partial charge in [0.25, 0.3) is 0 Å². The normalized spacial score (nSPS) is 16.4. The summed E-state index contributed by atoms with van der Waals surface area (Å²) in [5, 5.41) is 0. The molecule has 280 valence electrons. The average molecular weight is 735 g/mol. The van der Waals surface area contributed by atoms with E-state index in [0.717, 1.165) is 18.6 Å². The van der Waals surface area contributed by atoms with Crippen molar-refractivity contribution < 1.29 is 84.5 Å². The first-order valence-electron chi connectivity index (χ1n) is 14.4. The van der Waals surface area contributed by atoms with Gasteiger partial charge in [-0.1, -0.05) is 53.2 Å². The average Bonchev–Trinajstić information content (AvgIpc) is 2.98. The molecule has 3 nitrogen and oxygen atoms in total. The van der Waals surface area contributed by atoms with Crippen LogP contribution >= 0.6 is 0 Å². The number of halogens is 16. The summed E-state index contributed by atoms with van der Waals surface area (Å²) in [6.07, 6.45) is -10.2. The lowest BCUT2D eigenvalue weighted by Crippen LogP contribution is -2.73. The highest BCUT2D eigenvalue weighted by Gasteiger charge is 2.94. The fourth-order valence-electron chi connectivity index (χ4n) is 4.40. The van der Waals surface area contributed by atoms with Crippen LogP contribution in [0, 0.1) is 17.3 Å². The lowest BCUT2D eigenvalue weighted by molar-refractivity contribution is -0.457. The maximum Gasteiger partial charge on any atom is 0.460 e. The highest BCUT2D eigenvalue weighted by Crippen LogP contribution is 2.62. The molecule has 0 bridgehead atoms. The monoisotopic (exact) mass is 734 g/mol. The Labute approximate surface area is 265 Å². The van der Waals surface area contributed by atoms with Gasteiger partial charge in [0.05, 0.1) is 12.5 Å². The summed E-state index contributed by atoms with van der Waals surface area (Å²) in [5.74, 6) is -50.7. The molecule has 0 heterocycles. The van der Waals surface area contributed by atoms with Crippen LogP contribution in [0.5, 0.6) is 5.75 Å². The lowest BCUT2D eigenvalue weighted by atomic mass is 9.69. The fourth-order valence-corrected chi connectivity index (χ4v) is 4.40. The molecule has 3 atom stereocenters. The van der Waals surface area contributed by atoms with Crippen molar-refractivity contribution in [3.05, 3.63) is 29.8 Å². The standard InChI is InChI=1S/C29H34F16O3/c1-6-16(4)15-19(22(5,7-2)8-3)20(46)47-14-13-17-9-11-18(12-10-17)48-21(30)23(31,32)24(33,34)25(35,36)26(37,38)27(39,40)28(41,42)29(43,44)45/h9-12,16,19,21H,6-8,13-15H2,1-5H3. The van der Waals surface area contributed by atoms with Gasteiger partial charge in [0.2, 0.25) is 0 Å². The zero-order valence-electron chi connectivity index (χ0n) is 26.1. The minimum absolute atomic E-state index is 0.0532. The van der Waals surface area contributed by atoms with E-state index in [-0.39, 0.29) is 29.9 Å². The van der Waals surface area contributed by atoms with Crippen molar-refractivity contribution in [2.75, 3.05) is 6.61 Å². The number of carbonyl (C=O) groups excluding carboxylic acids is 1. The molecular weight excluding hydrogens is 700 g/mol. The van der Waals surface area contributed by atoms with Gasteiger partial charge in [0.15, 0.2) is 0 Å². The van der Waals surface area contributed by atoms with E-state index in [1.165, 1.54) is 0 Å². The van der Waals surface area contributed by atoms with Crippen molar-refractivity contribution in [2.24, 2.45) is 17.3 Å². The number of hydrogen-bond acceptors (Lipinski definition) is 3. The van der Waals surface area contributed by atoms with E-state index in [2.05, 4.69) is 4.74 Å². The molecule has 48 heavy (non-hydrogen) atoms. The van der Waals surface area contributed by atoms with Crippen molar-refractivity contribution in [1.29, 1.82) is 0 Å². The molecule has 0 fully saturated rings. The Balaban J connectivity index is 3.11. The highest BCUT2D eigenvalue weighted by molar-refractivity contribution is 5.73. The Hall–Kier alpha value is -2.63. The lowest BCUT2D eigenvalue weighted by Gasteiger charge is -2.41. The van der Waals surface area contributed by atoms with Gasteiger partial charge in [0.1, 0.15) is 5.75 Å². The predicted octanol–water partition coefficient (Wildman–Crippen LogP) is 10.7. The summed E-state index contributed by atoms with van der Waals surface area (Å²) in [5.41, 5.74) is -0.148. The van der Waals surface area contributed by atoms with Crippen LogP contribution in [0.1, 0.15) is 65.9 Å². The SMILES string of the molecule is CCC(C)CC(C(=O)OCCc1ccc(OC(F)C(F)(F)C(F)(F)C(F)(F)C(F)(F)C(F)(F)C(F)(F)C(F)(F)F)cc1)C(C)(CC)CC. The maximum absolute atomic E-state index is 14.1. The molecule has 0 radical (unpaired) electrons. The van der Waals surface area contributed by atoms with Gasteiger partial charge in [-0.3, -0.25) is 4.79 Å². The zero-order valence-corrected chi connectivity index (χ0v) is 26.1. The second-order valence-electron chi connectivity index (χ2n) is 11.7. The van der Waals surface area contributed by atoms with Gasteiger partial charge in [-0.2, -0.15) is 70.2 Å². The molecule has 0 aliphatic carbocycles. The first-order chi connectivity index (χ1) is 21.5. The van der Waals surface area contributed by atoms with Gasteiger partial charge in [-0.15, -0.1) is 0 Å².